The number of halogens is 2. The molecule has 0 radical (unpaired) electrons. The second-order valence-corrected chi connectivity index (χ2v) is 5.71. The molecule has 114 valence electrons. The Labute approximate surface area is 151 Å². The van der Waals surface area contributed by atoms with Crippen molar-refractivity contribution >= 4 is 52.9 Å². The second-order valence-electron chi connectivity index (χ2n) is 4.27. The van der Waals surface area contributed by atoms with Gasteiger partial charge in [-0.3, -0.25) is 4.99 Å². The number of nitrogens with one attached hydrogen (secondary N) is 2. The van der Waals surface area contributed by atoms with E-state index in [1.165, 1.54) is 4.88 Å². The third kappa shape index (κ3) is 6.23. The number of benzene rings is 1. The van der Waals surface area contributed by atoms with Crippen molar-refractivity contribution in [3.8, 4) is 0 Å². The Bertz CT molecular complexity index is 558. The molecule has 0 aliphatic carbocycles. The summed E-state index contributed by atoms with van der Waals surface area (Å²) < 4.78 is 0. The molecule has 2 rings (SSSR count). The summed E-state index contributed by atoms with van der Waals surface area (Å²) in [6.07, 6.45) is 1.00. The van der Waals surface area contributed by atoms with Gasteiger partial charge in [0.2, 0.25) is 0 Å². The first-order valence-electron chi connectivity index (χ1n) is 6.50. The van der Waals surface area contributed by atoms with Crippen LogP contribution in [0.25, 0.3) is 0 Å². The maximum Gasteiger partial charge on any atom is 0.191 e. The Kier molecular flexibility index (Phi) is 8.72. The van der Waals surface area contributed by atoms with Crippen molar-refractivity contribution in [2.75, 3.05) is 13.6 Å². The molecule has 0 spiro atoms. The van der Waals surface area contributed by atoms with E-state index in [0.29, 0.717) is 6.54 Å². The van der Waals surface area contributed by atoms with Crippen molar-refractivity contribution in [3.05, 3.63) is 57.2 Å². The largest absolute Gasteiger partial charge is 0.356 e. The van der Waals surface area contributed by atoms with Gasteiger partial charge < -0.3 is 10.6 Å². The minimum Gasteiger partial charge on any atom is -0.356 e. The topological polar surface area (TPSA) is 36.4 Å². The fraction of sp³-hybridized carbons (Fsp3) is 0.267. The van der Waals surface area contributed by atoms with E-state index in [1.807, 2.05) is 24.3 Å². The van der Waals surface area contributed by atoms with Crippen molar-refractivity contribution in [1.82, 2.24) is 10.6 Å². The fourth-order valence-corrected chi connectivity index (χ4v) is 2.71. The molecule has 0 amide bonds. The van der Waals surface area contributed by atoms with E-state index in [9.17, 15) is 0 Å². The van der Waals surface area contributed by atoms with Crippen LogP contribution in [-0.4, -0.2) is 19.6 Å². The van der Waals surface area contributed by atoms with Gasteiger partial charge in [-0.25, -0.2) is 0 Å². The van der Waals surface area contributed by atoms with Crippen LogP contribution in [0.1, 0.15) is 10.4 Å². The summed E-state index contributed by atoms with van der Waals surface area (Å²) >= 11 is 7.90. The van der Waals surface area contributed by atoms with Crippen LogP contribution >= 0.6 is 46.9 Å². The van der Waals surface area contributed by atoms with E-state index >= 15 is 0 Å². The quantitative estimate of drug-likeness (QED) is 0.424. The van der Waals surface area contributed by atoms with Crippen molar-refractivity contribution < 1.29 is 0 Å². The zero-order valence-corrected chi connectivity index (χ0v) is 15.7. The average molecular weight is 436 g/mol. The maximum absolute atomic E-state index is 6.12. The van der Waals surface area contributed by atoms with Crippen LogP contribution in [0.5, 0.6) is 0 Å². The van der Waals surface area contributed by atoms with Gasteiger partial charge >= 0.3 is 0 Å². The van der Waals surface area contributed by atoms with Gasteiger partial charge in [0.25, 0.3) is 0 Å². The van der Waals surface area contributed by atoms with Gasteiger partial charge in [-0.15, -0.1) is 35.3 Å². The van der Waals surface area contributed by atoms with Gasteiger partial charge in [-0.2, -0.15) is 0 Å². The van der Waals surface area contributed by atoms with Crippen molar-refractivity contribution in [2.45, 2.75) is 13.0 Å². The number of aliphatic imine (C=N–C) groups is 1. The minimum absolute atomic E-state index is 0. The third-order valence-corrected chi connectivity index (χ3v) is 4.18. The Balaban J connectivity index is 0.00000220. The molecule has 0 aliphatic rings. The molecule has 3 nitrogen and oxygen atoms in total. The van der Waals surface area contributed by atoms with Crippen LogP contribution in [0.15, 0.2) is 46.8 Å². The number of nitrogens with zero attached hydrogens (tertiary/aromatic N) is 1. The van der Waals surface area contributed by atoms with Gasteiger partial charge in [0.15, 0.2) is 5.96 Å². The number of thiophene rings is 1. The molecular formula is C15H19ClIN3S. The van der Waals surface area contributed by atoms with Crippen molar-refractivity contribution in [3.63, 3.8) is 0 Å². The summed E-state index contributed by atoms with van der Waals surface area (Å²) in [6, 6.07) is 12.0. The van der Waals surface area contributed by atoms with Gasteiger partial charge in [0.05, 0.1) is 0 Å². The molecule has 0 fully saturated rings. The van der Waals surface area contributed by atoms with Crippen molar-refractivity contribution in [1.29, 1.82) is 0 Å². The number of guanidine groups is 1. The monoisotopic (exact) mass is 435 g/mol. The molecule has 21 heavy (non-hydrogen) atoms. The van der Waals surface area contributed by atoms with Crippen LogP contribution < -0.4 is 10.6 Å². The average Bonchev–Trinajstić information content (AvgIpc) is 2.97. The molecular weight excluding hydrogens is 417 g/mol. The predicted octanol–water partition coefficient (Wildman–Crippen LogP) is 3.93. The Morgan fingerprint density at radius 3 is 2.67 bits per heavy atom. The third-order valence-electron chi connectivity index (χ3n) is 2.87. The molecule has 1 aromatic heterocycles. The highest BCUT2D eigenvalue weighted by molar-refractivity contribution is 14.0. The molecule has 2 aromatic rings. The van der Waals surface area contributed by atoms with Gasteiger partial charge in [0, 0.05) is 30.0 Å². The van der Waals surface area contributed by atoms with Crippen LogP contribution in [-0.2, 0) is 13.0 Å². The minimum atomic E-state index is 0. The fourth-order valence-electron chi connectivity index (χ4n) is 1.80. The number of hydrogen-bond donors (Lipinski definition) is 2. The molecule has 1 aromatic carbocycles. The first kappa shape index (κ1) is 18.3. The molecule has 0 saturated heterocycles. The maximum atomic E-state index is 6.12. The molecule has 0 saturated carbocycles. The van der Waals surface area contributed by atoms with E-state index in [0.717, 1.165) is 29.5 Å². The first-order chi connectivity index (χ1) is 9.79. The summed E-state index contributed by atoms with van der Waals surface area (Å²) in [7, 11) is 1.77. The molecule has 0 unspecified atom stereocenters. The normalized spacial score (nSPS) is 10.9. The van der Waals surface area contributed by atoms with E-state index in [2.05, 4.69) is 33.1 Å². The molecule has 1 heterocycles. The molecule has 6 heteroatoms. The highest BCUT2D eigenvalue weighted by atomic mass is 127. The molecule has 0 aliphatic heterocycles. The zero-order valence-electron chi connectivity index (χ0n) is 11.8. The lowest BCUT2D eigenvalue weighted by Crippen LogP contribution is -2.37. The molecule has 0 atom stereocenters. The smallest absolute Gasteiger partial charge is 0.191 e. The lowest BCUT2D eigenvalue weighted by molar-refractivity contribution is 0.799. The lowest BCUT2D eigenvalue weighted by atomic mass is 10.2. The SMILES string of the molecule is CN=C(NCCc1cccs1)NCc1ccccc1Cl.I. The van der Waals surface area contributed by atoms with Gasteiger partial charge in [-0.1, -0.05) is 35.9 Å². The summed E-state index contributed by atoms with van der Waals surface area (Å²) in [5.41, 5.74) is 1.07. The van der Waals surface area contributed by atoms with Crippen LogP contribution in [0.4, 0.5) is 0 Å². The van der Waals surface area contributed by atoms with E-state index < -0.39 is 0 Å². The summed E-state index contributed by atoms with van der Waals surface area (Å²) in [4.78, 5) is 5.58. The van der Waals surface area contributed by atoms with E-state index in [-0.39, 0.29) is 24.0 Å². The molecule has 0 bridgehead atoms. The van der Waals surface area contributed by atoms with Crippen molar-refractivity contribution in [2.24, 2.45) is 4.99 Å². The molecule has 2 N–H and O–H groups in total. The highest BCUT2D eigenvalue weighted by Gasteiger charge is 2.01. The van der Waals surface area contributed by atoms with E-state index in [4.69, 9.17) is 11.6 Å². The summed E-state index contributed by atoms with van der Waals surface area (Å²) in [6.45, 7) is 1.53. The number of rotatable bonds is 5. The summed E-state index contributed by atoms with van der Waals surface area (Å²) in [5.74, 6) is 0.793. The lowest BCUT2D eigenvalue weighted by Gasteiger charge is -2.12. The predicted molar refractivity (Wildman–Crippen MR) is 103 cm³/mol. The number of hydrogen-bond acceptors (Lipinski definition) is 2. The Hall–Kier alpha value is -0.790. The second kappa shape index (κ2) is 10.0. The highest BCUT2D eigenvalue weighted by Crippen LogP contribution is 2.14. The Morgan fingerprint density at radius 1 is 1.19 bits per heavy atom. The first-order valence-corrected chi connectivity index (χ1v) is 7.75. The van der Waals surface area contributed by atoms with Crippen LogP contribution in [0.3, 0.4) is 0 Å². The summed E-state index contributed by atoms with van der Waals surface area (Å²) in [5, 5.41) is 9.43. The zero-order chi connectivity index (χ0) is 14.2. The van der Waals surface area contributed by atoms with Crippen LogP contribution in [0, 0.1) is 0 Å². The Morgan fingerprint density at radius 2 is 2.00 bits per heavy atom. The van der Waals surface area contributed by atoms with E-state index in [1.54, 1.807) is 18.4 Å². The van der Waals surface area contributed by atoms with Gasteiger partial charge in [0.1, 0.15) is 0 Å². The van der Waals surface area contributed by atoms with Crippen LogP contribution in [0.2, 0.25) is 5.02 Å². The standard InChI is InChI=1S/C15H18ClN3S.HI/c1-17-15(18-9-8-13-6-4-10-20-13)19-11-12-5-2-3-7-14(12)16;/h2-7,10H,8-9,11H2,1H3,(H2,17,18,19);1H. The van der Waals surface area contributed by atoms with Gasteiger partial charge in [-0.05, 0) is 29.5 Å².